The second-order valence-electron chi connectivity index (χ2n) is 4.45. The third-order valence-electron chi connectivity index (χ3n) is 2.87. The van der Waals surface area contributed by atoms with E-state index in [-0.39, 0.29) is 23.7 Å². The second kappa shape index (κ2) is 5.69. The summed E-state index contributed by atoms with van der Waals surface area (Å²) in [5.41, 5.74) is 0.632. The first-order valence-electron chi connectivity index (χ1n) is 5.96. The van der Waals surface area contributed by atoms with Crippen molar-refractivity contribution in [2.75, 3.05) is 7.05 Å². The number of rotatable bonds is 3. The quantitative estimate of drug-likeness (QED) is 0.937. The number of halogens is 2. The van der Waals surface area contributed by atoms with Crippen molar-refractivity contribution in [2.24, 2.45) is 0 Å². The van der Waals surface area contributed by atoms with Crippen LogP contribution in [0.3, 0.4) is 0 Å². The highest BCUT2D eigenvalue weighted by Crippen LogP contribution is 2.20. The largest absolute Gasteiger partial charge is 0.507 e. The molecule has 1 N–H and O–H groups in total. The average molecular weight is 277 g/mol. The van der Waals surface area contributed by atoms with Crippen LogP contribution in [-0.2, 0) is 6.54 Å². The molecule has 3 nitrogen and oxygen atoms in total. The molecule has 2 aromatic rings. The molecule has 0 radical (unpaired) electrons. The van der Waals surface area contributed by atoms with Crippen LogP contribution in [0.2, 0.25) is 0 Å². The molecule has 0 aromatic heterocycles. The standard InChI is InChI=1S/C15H13F2NO2/c1-18(9-10-2-4-11(16)5-3-10)15(20)13-8-12(17)6-7-14(13)19/h2-8,19H,9H2,1H3. The number of hydrogen-bond donors (Lipinski definition) is 1. The number of phenolic OH excluding ortho intramolecular Hbond substituents is 1. The van der Waals surface area contributed by atoms with Gasteiger partial charge in [-0.15, -0.1) is 0 Å². The number of benzene rings is 2. The van der Waals surface area contributed by atoms with Gasteiger partial charge in [0.15, 0.2) is 0 Å². The van der Waals surface area contributed by atoms with E-state index >= 15 is 0 Å². The van der Waals surface area contributed by atoms with E-state index < -0.39 is 11.7 Å². The molecule has 0 atom stereocenters. The van der Waals surface area contributed by atoms with Gasteiger partial charge in [-0.2, -0.15) is 0 Å². The summed E-state index contributed by atoms with van der Waals surface area (Å²) in [5.74, 6) is -1.74. The molecular weight excluding hydrogens is 264 g/mol. The van der Waals surface area contributed by atoms with Crippen molar-refractivity contribution in [3.8, 4) is 5.75 Å². The van der Waals surface area contributed by atoms with Gasteiger partial charge in [0, 0.05) is 13.6 Å². The summed E-state index contributed by atoms with van der Waals surface area (Å²) < 4.78 is 25.9. The van der Waals surface area contributed by atoms with Crippen LogP contribution in [0.15, 0.2) is 42.5 Å². The molecule has 0 saturated heterocycles. The average Bonchev–Trinajstić information content (AvgIpc) is 2.43. The minimum atomic E-state index is -0.596. The van der Waals surface area contributed by atoms with Gasteiger partial charge in [0.1, 0.15) is 17.4 Å². The van der Waals surface area contributed by atoms with Gasteiger partial charge in [0.05, 0.1) is 5.56 Å². The van der Waals surface area contributed by atoms with E-state index in [0.717, 1.165) is 23.8 Å². The summed E-state index contributed by atoms with van der Waals surface area (Å²) in [4.78, 5) is 13.4. The third kappa shape index (κ3) is 3.12. The van der Waals surface area contributed by atoms with Crippen LogP contribution < -0.4 is 0 Å². The van der Waals surface area contributed by atoms with Crippen LogP contribution in [0.1, 0.15) is 15.9 Å². The van der Waals surface area contributed by atoms with Crippen molar-refractivity contribution in [1.82, 2.24) is 4.90 Å². The Morgan fingerprint density at radius 2 is 1.70 bits per heavy atom. The van der Waals surface area contributed by atoms with E-state index in [1.807, 2.05) is 0 Å². The van der Waals surface area contributed by atoms with Crippen molar-refractivity contribution in [3.05, 3.63) is 65.2 Å². The summed E-state index contributed by atoms with van der Waals surface area (Å²) in [5, 5.41) is 9.59. The Labute approximate surface area is 115 Å². The smallest absolute Gasteiger partial charge is 0.257 e. The van der Waals surface area contributed by atoms with Crippen molar-refractivity contribution < 1.29 is 18.7 Å². The van der Waals surface area contributed by atoms with E-state index in [9.17, 15) is 18.7 Å². The van der Waals surface area contributed by atoms with Crippen molar-refractivity contribution in [2.45, 2.75) is 6.54 Å². The fourth-order valence-corrected chi connectivity index (χ4v) is 1.82. The minimum Gasteiger partial charge on any atom is -0.507 e. The second-order valence-corrected chi connectivity index (χ2v) is 4.45. The molecule has 0 bridgehead atoms. The van der Waals surface area contributed by atoms with Gasteiger partial charge in [-0.1, -0.05) is 12.1 Å². The zero-order valence-electron chi connectivity index (χ0n) is 10.8. The number of phenols is 1. The third-order valence-corrected chi connectivity index (χ3v) is 2.87. The van der Waals surface area contributed by atoms with Gasteiger partial charge in [-0.05, 0) is 35.9 Å². The van der Waals surface area contributed by atoms with Crippen LogP contribution in [0.4, 0.5) is 8.78 Å². The van der Waals surface area contributed by atoms with Crippen LogP contribution in [0.25, 0.3) is 0 Å². The zero-order chi connectivity index (χ0) is 14.7. The van der Waals surface area contributed by atoms with Gasteiger partial charge >= 0.3 is 0 Å². The molecule has 0 unspecified atom stereocenters. The molecule has 5 heteroatoms. The molecule has 0 spiro atoms. The molecular formula is C15H13F2NO2. The monoisotopic (exact) mass is 277 g/mol. The number of carbonyl (C=O) groups is 1. The Bertz CT molecular complexity index is 626. The van der Waals surface area contributed by atoms with Crippen molar-refractivity contribution >= 4 is 5.91 Å². The van der Waals surface area contributed by atoms with Gasteiger partial charge in [0.25, 0.3) is 5.91 Å². The fraction of sp³-hybridized carbons (Fsp3) is 0.133. The highest BCUT2D eigenvalue weighted by Gasteiger charge is 2.16. The normalized spacial score (nSPS) is 10.3. The number of hydrogen-bond acceptors (Lipinski definition) is 2. The Kier molecular flexibility index (Phi) is 3.98. The SMILES string of the molecule is CN(Cc1ccc(F)cc1)C(=O)c1cc(F)ccc1O. The molecule has 1 amide bonds. The number of nitrogens with zero attached hydrogens (tertiary/aromatic N) is 1. The topological polar surface area (TPSA) is 40.5 Å². The van der Waals surface area contributed by atoms with Gasteiger partial charge in [-0.3, -0.25) is 4.79 Å². The van der Waals surface area contributed by atoms with E-state index in [0.29, 0.717) is 0 Å². The van der Waals surface area contributed by atoms with Gasteiger partial charge < -0.3 is 10.0 Å². The molecule has 0 aliphatic rings. The Hall–Kier alpha value is -2.43. The summed E-state index contributed by atoms with van der Waals surface area (Å²) in [6, 6.07) is 8.91. The molecule has 20 heavy (non-hydrogen) atoms. The predicted molar refractivity (Wildman–Crippen MR) is 70.3 cm³/mol. The van der Waals surface area contributed by atoms with E-state index in [1.54, 1.807) is 12.1 Å². The van der Waals surface area contributed by atoms with E-state index in [2.05, 4.69) is 0 Å². The lowest BCUT2D eigenvalue weighted by molar-refractivity contribution is 0.0781. The first kappa shape index (κ1) is 14.0. The first-order valence-corrected chi connectivity index (χ1v) is 5.96. The number of aromatic hydroxyl groups is 1. The predicted octanol–water partition coefficient (Wildman–Crippen LogP) is 2.94. The molecule has 0 aliphatic carbocycles. The molecule has 104 valence electrons. The lowest BCUT2D eigenvalue weighted by atomic mass is 10.1. The fourth-order valence-electron chi connectivity index (χ4n) is 1.82. The van der Waals surface area contributed by atoms with E-state index in [4.69, 9.17) is 0 Å². The lowest BCUT2D eigenvalue weighted by Gasteiger charge is -2.18. The Morgan fingerprint density at radius 3 is 2.35 bits per heavy atom. The summed E-state index contributed by atoms with van der Waals surface area (Å²) >= 11 is 0. The van der Waals surface area contributed by atoms with Crippen LogP contribution in [0, 0.1) is 11.6 Å². The Balaban J connectivity index is 2.16. The van der Waals surface area contributed by atoms with Crippen LogP contribution in [0.5, 0.6) is 5.75 Å². The molecule has 2 aromatic carbocycles. The highest BCUT2D eigenvalue weighted by atomic mass is 19.1. The van der Waals surface area contributed by atoms with E-state index in [1.165, 1.54) is 24.1 Å². The van der Waals surface area contributed by atoms with Crippen LogP contribution in [-0.4, -0.2) is 23.0 Å². The highest BCUT2D eigenvalue weighted by molar-refractivity contribution is 5.96. The maximum Gasteiger partial charge on any atom is 0.257 e. The van der Waals surface area contributed by atoms with Crippen molar-refractivity contribution in [3.63, 3.8) is 0 Å². The lowest BCUT2D eigenvalue weighted by Crippen LogP contribution is -2.26. The first-order chi connectivity index (χ1) is 9.47. The van der Waals surface area contributed by atoms with Crippen LogP contribution >= 0.6 is 0 Å². The maximum atomic E-state index is 13.1. The number of carbonyl (C=O) groups excluding carboxylic acids is 1. The number of amides is 1. The summed E-state index contributed by atoms with van der Waals surface area (Å²) in [6.45, 7) is 0.231. The summed E-state index contributed by atoms with van der Waals surface area (Å²) in [6.07, 6.45) is 0. The maximum absolute atomic E-state index is 13.1. The molecule has 0 saturated carbocycles. The molecule has 0 aliphatic heterocycles. The zero-order valence-corrected chi connectivity index (χ0v) is 10.8. The molecule has 0 fully saturated rings. The minimum absolute atomic E-state index is 0.102. The van der Waals surface area contributed by atoms with Gasteiger partial charge in [0.2, 0.25) is 0 Å². The van der Waals surface area contributed by atoms with Gasteiger partial charge in [-0.25, -0.2) is 8.78 Å². The summed E-state index contributed by atoms with van der Waals surface area (Å²) in [7, 11) is 1.52. The van der Waals surface area contributed by atoms with Crippen molar-refractivity contribution in [1.29, 1.82) is 0 Å². The molecule has 2 rings (SSSR count). The molecule has 0 heterocycles. The Morgan fingerprint density at radius 1 is 1.10 bits per heavy atom.